The van der Waals surface area contributed by atoms with Crippen molar-refractivity contribution in [3.63, 3.8) is 0 Å². The van der Waals surface area contributed by atoms with Crippen LogP contribution in [0.15, 0.2) is 54.6 Å². The molecule has 0 bridgehead atoms. The zero-order chi connectivity index (χ0) is 15.8. The Morgan fingerprint density at radius 1 is 1.00 bits per heavy atom. The van der Waals surface area contributed by atoms with Gasteiger partial charge in [-0.3, -0.25) is 9.59 Å². The van der Waals surface area contributed by atoms with Crippen LogP contribution in [0.5, 0.6) is 0 Å². The molecule has 0 aliphatic carbocycles. The number of anilines is 1. The largest absolute Gasteiger partial charge is 0.352 e. The van der Waals surface area contributed by atoms with Gasteiger partial charge in [-0.1, -0.05) is 18.2 Å². The molecule has 0 radical (unpaired) electrons. The molecule has 0 aliphatic rings. The number of amides is 2. The molecule has 110 valence electrons. The summed E-state index contributed by atoms with van der Waals surface area (Å²) in [6, 6.07) is 17.4. The first-order valence-electron chi connectivity index (χ1n) is 6.82. The molecule has 0 saturated heterocycles. The van der Waals surface area contributed by atoms with Crippen LogP contribution >= 0.6 is 0 Å². The molecule has 2 aromatic rings. The van der Waals surface area contributed by atoms with Gasteiger partial charge in [-0.05, 0) is 36.4 Å². The summed E-state index contributed by atoms with van der Waals surface area (Å²) in [7, 11) is 0. The molecule has 0 spiro atoms. The van der Waals surface area contributed by atoms with Crippen LogP contribution < -0.4 is 10.6 Å². The van der Waals surface area contributed by atoms with Gasteiger partial charge in [-0.25, -0.2) is 0 Å². The fourth-order valence-electron chi connectivity index (χ4n) is 1.83. The number of nitrogens with zero attached hydrogens (tertiary/aromatic N) is 1. The van der Waals surface area contributed by atoms with Crippen LogP contribution in [0.4, 0.5) is 5.69 Å². The third kappa shape index (κ3) is 4.46. The van der Waals surface area contributed by atoms with Crippen LogP contribution in [0, 0.1) is 11.3 Å². The standard InChI is InChI=1S/C17H15N3O2/c18-12-13-6-8-15(9-7-13)20-16(21)10-11-19-17(22)14-4-2-1-3-5-14/h1-9H,10-11H2,(H,19,22)(H,20,21). The molecule has 22 heavy (non-hydrogen) atoms. The van der Waals surface area contributed by atoms with Crippen molar-refractivity contribution < 1.29 is 9.59 Å². The Balaban J connectivity index is 1.76. The molecular weight excluding hydrogens is 278 g/mol. The molecule has 0 aliphatic heterocycles. The number of carbonyl (C=O) groups is 2. The molecule has 0 fully saturated rings. The van der Waals surface area contributed by atoms with Gasteiger partial charge in [0.25, 0.3) is 5.91 Å². The van der Waals surface area contributed by atoms with Crippen LogP contribution in [0.3, 0.4) is 0 Å². The predicted octanol–water partition coefficient (Wildman–Crippen LogP) is 2.32. The lowest BCUT2D eigenvalue weighted by molar-refractivity contribution is -0.116. The Labute approximate surface area is 128 Å². The fraction of sp³-hybridized carbons (Fsp3) is 0.118. The van der Waals surface area contributed by atoms with E-state index in [4.69, 9.17) is 5.26 Å². The minimum Gasteiger partial charge on any atom is -0.352 e. The third-order valence-electron chi connectivity index (χ3n) is 2.97. The molecule has 5 nitrogen and oxygen atoms in total. The lowest BCUT2D eigenvalue weighted by Crippen LogP contribution is -2.27. The Hall–Kier alpha value is -3.13. The number of hydrogen-bond donors (Lipinski definition) is 2. The van der Waals surface area contributed by atoms with E-state index in [-0.39, 0.29) is 24.8 Å². The summed E-state index contributed by atoms with van der Waals surface area (Å²) in [5, 5.41) is 14.1. The van der Waals surface area contributed by atoms with Gasteiger partial charge in [0.15, 0.2) is 0 Å². The Bertz CT molecular complexity index is 688. The lowest BCUT2D eigenvalue weighted by Gasteiger charge is -2.07. The van der Waals surface area contributed by atoms with Crippen LogP contribution in [-0.4, -0.2) is 18.4 Å². The Morgan fingerprint density at radius 3 is 2.32 bits per heavy atom. The molecule has 2 amide bonds. The zero-order valence-electron chi connectivity index (χ0n) is 11.9. The predicted molar refractivity (Wildman–Crippen MR) is 83.2 cm³/mol. The van der Waals surface area contributed by atoms with Crippen molar-refractivity contribution in [1.82, 2.24) is 5.32 Å². The van der Waals surface area contributed by atoms with E-state index in [1.54, 1.807) is 48.5 Å². The second-order valence-corrected chi connectivity index (χ2v) is 4.61. The molecule has 0 aromatic heterocycles. The molecule has 0 saturated carbocycles. The maximum atomic E-state index is 11.8. The highest BCUT2D eigenvalue weighted by Crippen LogP contribution is 2.08. The average Bonchev–Trinajstić information content (AvgIpc) is 2.56. The van der Waals surface area contributed by atoms with Gasteiger partial charge in [0, 0.05) is 24.2 Å². The van der Waals surface area contributed by atoms with Crippen LogP contribution in [0.1, 0.15) is 22.3 Å². The highest BCUT2D eigenvalue weighted by Gasteiger charge is 2.06. The van der Waals surface area contributed by atoms with Gasteiger partial charge in [0.2, 0.25) is 5.91 Å². The zero-order valence-corrected chi connectivity index (χ0v) is 11.9. The second-order valence-electron chi connectivity index (χ2n) is 4.61. The van der Waals surface area contributed by atoms with Crippen LogP contribution in [0.2, 0.25) is 0 Å². The maximum Gasteiger partial charge on any atom is 0.251 e. The molecule has 2 rings (SSSR count). The van der Waals surface area contributed by atoms with Crippen molar-refractivity contribution in [2.75, 3.05) is 11.9 Å². The number of nitriles is 1. The quantitative estimate of drug-likeness (QED) is 0.887. The number of hydrogen-bond acceptors (Lipinski definition) is 3. The maximum absolute atomic E-state index is 11.8. The number of carbonyl (C=O) groups excluding carboxylic acids is 2. The number of benzene rings is 2. The molecule has 0 unspecified atom stereocenters. The SMILES string of the molecule is N#Cc1ccc(NC(=O)CCNC(=O)c2ccccc2)cc1. The third-order valence-corrected chi connectivity index (χ3v) is 2.97. The highest BCUT2D eigenvalue weighted by atomic mass is 16.2. The fourth-order valence-corrected chi connectivity index (χ4v) is 1.83. The van der Waals surface area contributed by atoms with Crippen molar-refractivity contribution >= 4 is 17.5 Å². The molecular formula is C17H15N3O2. The Kier molecular flexibility index (Phi) is 5.27. The molecule has 2 N–H and O–H groups in total. The van der Waals surface area contributed by atoms with E-state index < -0.39 is 0 Å². The Morgan fingerprint density at radius 2 is 1.68 bits per heavy atom. The monoisotopic (exact) mass is 293 g/mol. The van der Waals surface area contributed by atoms with E-state index in [2.05, 4.69) is 10.6 Å². The first-order valence-corrected chi connectivity index (χ1v) is 6.82. The van der Waals surface area contributed by atoms with Gasteiger partial charge in [0.1, 0.15) is 0 Å². The smallest absolute Gasteiger partial charge is 0.251 e. The van der Waals surface area contributed by atoms with Gasteiger partial charge >= 0.3 is 0 Å². The summed E-state index contributed by atoms with van der Waals surface area (Å²) in [6.07, 6.45) is 0.179. The number of rotatable bonds is 5. The first kappa shape index (κ1) is 15.3. The summed E-state index contributed by atoms with van der Waals surface area (Å²) >= 11 is 0. The summed E-state index contributed by atoms with van der Waals surface area (Å²) in [4.78, 5) is 23.5. The second kappa shape index (κ2) is 7.60. The van der Waals surface area contributed by atoms with Crippen molar-refractivity contribution in [2.45, 2.75) is 6.42 Å². The van der Waals surface area contributed by atoms with E-state index >= 15 is 0 Å². The van der Waals surface area contributed by atoms with Crippen molar-refractivity contribution in [3.05, 3.63) is 65.7 Å². The molecule has 0 heterocycles. The van der Waals surface area contributed by atoms with E-state index in [0.717, 1.165) is 0 Å². The normalized spacial score (nSPS) is 9.59. The van der Waals surface area contributed by atoms with Crippen LogP contribution in [-0.2, 0) is 4.79 Å². The molecule has 0 atom stereocenters. The molecule has 2 aromatic carbocycles. The minimum atomic E-state index is -0.202. The average molecular weight is 293 g/mol. The van der Waals surface area contributed by atoms with Crippen molar-refractivity contribution in [2.24, 2.45) is 0 Å². The first-order chi connectivity index (χ1) is 10.7. The van der Waals surface area contributed by atoms with Crippen molar-refractivity contribution in [3.8, 4) is 6.07 Å². The van der Waals surface area contributed by atoms with Gasteiger partial charge < -0.3 is 10.6 Å². The van der Waals surface area contributed by atoms with E-state index in [0.29, 0.717) is 16.8 Å². The van der Waals surface area contributed by atoms with E-state index in [1.165, 1.54) is 0 Å². The summed E-state index contributed by atoms with van der Waals surface area (Å²) in [6.45, 7) is 0.260. The van der Waals surface area contributed by atoms with Gasteiger partial charge in [-0.15, -0.1) is 0 Å². The topological polar surface area (TPSA) is 82.0 Å². The van der Waals surface area contributed by atoms with Crippen molar-refractivity contribution in [1.29, 1.82) is 5.26 Å². The van der Waals surface area contributed by atoms with E-state index in [1.807, 2.05) is 12.1 Å². The summed E-state index contributed by atoms with van der Waals surface area (Å²) in [5.74, 6) is -0.398. The minimum absolute atomic E-state index is 0.179. The van der Waals surface area contributed by atoms with Crippen LogP contribution in [0.25, 0.3) is 0 Å². The number of nitrogens with one attached hydrogen (secondary N) is 2. The lowest BCUT2D eigenvalue weighted by atomic mass is 10.2. The molecule has 5 heteroatoms. The highest BCUT2D eigenvalue weighted by molar-refractivity contribution is 5.95. The van der Waals surface area contributed by atoms with E-state index in [9.17, 15) is 9.59 Å². The summed E-state index contributed by atoms with van der Waals surface area (Å²) in [5.41, 5.74) is 1.72. The van der Waals surface area contributed by atoms with Gasteiger partial charge in [-0.2, -0.15) is 5.26 Å². The summed E-state index contributed by atoms with van der Waals surface area (Å²) < 4.78 is 0. The van der Waals surface area contributed by atoms with Gasteiger partial charge in [0.05, 0.1) is 11.6 Å².